The van der Waals surface area contributed by atoms with Crippen LogP contribution in [0.2, 0.25) is 0 Å². The summed E-state index contributed by atoms with van der Waals surface area (Å²) in [5.74, 6) is 0.715. The number of carbonyl (C=O) groups is 2. The number of rotatable bonds is 7. The summed E-state index contributed by atoms with van der Waals surface area (Å²) in [6.45, 7) is 0.295. The minimum absolute atomic E-state index is 0.174. The third-order valence-electron chi connectivity index (χ3n) is 3.97. The van der Waals surface area contributed by atoms with Crippen molar-refractivity contribution in [3.05, 3.63) is 59.7 Å². The summed E-state index contributed by atoms with van der Waals surface area (Å²) < 4.78 is 5.16. The van der Waals surface area contributed by atoms with E-state index < -0.39 is 5.91 Å². The van der Waals surface area contributed by atoms with Crippen LogP contribution in [0.15, 0.2) is 48.5 Å². The van der Waals surface area contributed by atoms with Crippen LogP contribution in [0.25, 0.3) is 0 Å². The summed E-state index contributed by atoms with van der Waals surface area (Å²) in [5, 5.41) is 5.57. The third-order valence-corrected chi connectivity index (χ3v) is 3.97. The van der Waals surface area contributed by atoms with Gasteiger partial charge in [0.2, 0.25) is 0 Å². The quantitative estimate of drug-likeness (QED) is 0.724. The molecule has 2 aromatic carbocycles. The van der Waals surface area contributed by atoms with Crippen molar-refractivity contribution >= 4 is 17.6 Å². The highest BCUT2D eigenvalue weighted by molar-refractivity contribution is 5.89. The van der Waals surface area contributed by atoms with E-state index >= 15 is 0 Å². The lowest BCUT2D eigenvalue weighted by Crippen LogP contribution is -2.28. The number of nitrogens with two attached hydrogens (primary N) is 1. The minimum Gasteiger partial charge on any atom is -0.484 e. The van der Waals surface area contributed by atoms with Gasteiger partial charge in [0.1, 0.15) is 5.75 Å². The zero-order valence-electron chi connectivity index (χ0n) is 13.8. The normalized spacial score (nSPS) is 13.1. The molecule has 0 heterocycles. The highest BCUT2D eigenvalue weighted by atomic mass is 16.5. The number of ether oxygens (including phenoxy) is 1. The molecule has 3 rings (SSSR count). The first-order valence-corrected chi connectivity index (χ1v) is 8.25. The molecule has 0 spiro atoms. The van der Waals surface area contributed by atoms with Crippen molar-refractivity contribution in [1.82, 2.24) is 5.32 Å². The molecule has 1 aliphatic carbocycles. The van der Waals surface area contributed by atoms with Gasteiger partial charge in [-0.2, -0.15) is 0 Å². The second kappa shape index (κ2) is 7.70. The van der Waals surface area contributed by atoms with Gasteiger partial charge in [0.15, 0.2) is 6.61 Å². The van der Waals surface area contributed by atoms with Gasteiger partial charge in [0.05, 0.1) is 0 Å². The summed E-state index contributed by atoms with van der Waals surface area (Å²) in [6, 6.07) is 14.8. The Morgan fingerprint density at radius 2 is 1.72 bits per heavy atom. The lowest BCUT2D eigenvalue weighted by molar-refractivity contribution is -0.119. The monoisotopic (exact) mass is 339 g/mol. The van der Waals surface area contributed by atoms with Crippen LogP contribution in [0.3, 0.4) is 0 Å². The topological polar surface area (TPSA) is 93.5 Å². The Morgan fingerprint density at radius 3 is 2.32 bits per heavy atom. The van der Waals surface area contributed by atoms with Gasteiger partial charge in [-0.25, -0.2) is 4.79 Å². The average molecular weight is 339 g/mol. The average Bonchev–Trinajstić information content (AvgIpc) is 3.45. The number of carbonyl (C=O) groups excluding carboxylic acids is 2. The van der Waals surface area contributed by atoms with E-state index in [9.17, 15) is 9.59 Å². The van der Waals surface area contributed by atoms with Gasteiger partial charge < -0.3 is 21.1 Å². The van der Waals surface area contributed by atoms with Crippen molar-refractivity contribution in [1.29, 1.82) is 0 Å². The number of primary amides is 1. The number of nitrogens with one attached hydrogen (secondary N) is 2. The molecule has 6 heteroatoms. The van der Waals surface area contributed by atoms with Crippen molar-refractivity contribution in [3.8, 4) is 5.75 Å². The van der Waals surface area contributed by atoms with Crippen molar-refractivity contribution in [2.24, 2.45) is 5.73 Å². The van der Waals surface area contributed by atoms with Crippen LogP contribution in [-0.4, -0.2) is 18.5 Å². The first-order chi connectivity index (χ1) is 12.1. The Labute approximate surface area is 146 Å². The molecule has 4 N–H and O–H groups in total. The molecule has 0 saturated heterocycles. The van der Waals surface area contributed by atoms with E-state index in [1.165, 1.54) is 18.4 Å². The molecule has 0 aromatic heterocycles. The Bertz CT molecular complexity index is 738. The first kappa shape index (κ1) is 16.8. The second-order valence-electron chi connectivity index (χ2n) is 6.10. The summed E-state index contributed by atoms with van der Waals surface area (Å²) in [5.41, 5.74) is 8.09. The summed E-state index contributed by atoms with van der Waals surface area (Å²) in [6.07, 6.45) is 2.57. The largest absolute Gasteiger partial charge is 0.484 e. The minimum atomic E-state index is -0.535. The van der Waals surface area contributed by atoms with Crippen LogP contribution in [-0.2, 0) is 11.3 Å². The predicted octanol–water partition coefficient (Wildman–Crippen LogP) is 2.75. The molecular weight excluding hydrogens is 318 g/mol. The van der Waals surface area contributed by atoms with Gasteiger partial charge in [-0.3, -0.25) is 4.79 Å². The summed E-state index contributed by atoms with van der Waals surface area (Å²) >= 11 is 0. The van der Waals surface area contributed by atoms with Gasteiger partial charge in [-0.15, -0.1) is 0 Å². The van der Waals surface area contributed by atoms with Gasteiger partial charge in [-0.1, -0.05) is 24.3 Å². The van der Waals surface area contributed by atoms with Crippen LogP contribution in [0.5, 0.6) is 5.75 Å². The maximum Gasteiger partial charge on any atom is 0.319 e. The zero-order chi connectivity index (χ0) is 17.6. The van der Waals surface area contributed by atoms with Crippen molar-refractivity contribution in [3.63, 3.8) is 0 Å². The van der Waals surface area contributed by atoms with E-state index in [-0.39, 0.29) is 12.6 Å². The zero-order valence-corrected chi connectivity index (χ0v) is 13.8. The fourth-order valence-electron chi connectivity index (χ4n) is 2.47. The van der Waals surface area contributed by atoms with Crippen molar-refractivity contribution < 1.29 is 14.3 Å². The van der Waals surface area contributed by atoms with Gasteiger partial charge >= 0.3 is 6.03 Å². The number of amides is 3. The second-order valence-corrected chi connectivity index (χ2v) is 6.10. The van der Waals surface area contributed by atoms with Crippen LogP contribution in [0.1, 0.15) is 29.9 Å². The molecule has 0 bridgehead atoms. The molecule has 1 aliphatic rings. The predicted molar refractivity (Wildman–Crippen MR) is 95.4 cm³/mol. The number of hydrogen-bond acceptors (Lipinski definition) is 3. The molecule has 6 nitrogen and oxygen atoms in total. The molecule has 1 fully saturated rings. The van der Waals surface area contributed by atoms with E-state index in [1.807, 2.05) is 0 Å². The molecule has 3 amide bonds. The molecule has 0 aliphatic heterocycles. The Hall–Kier alpha value is -3.02. The van der Waals surface area contributed by atoms with Crippen LogP contribution >= 0.6 is 0 Å². The Kier molecular flexibility index (Phi) is 5.18. The highest BCUT2D eigenvalue weighted by Gasteiger charge is 2.22. The molecule has 0 radical (unpaired) electrons. The maximum atomic E-state index is 12.0. The lowest BCUT2D eigenvalue weighted by Gasteiger charge is -2.09. The lowest BCUT2D eigenvalue weighted by atomic mass is 10.1. The van der Waals surface area contributed by atoms with E-state index in [0.717, 1.165) is 11.5 Å². The molecule has 130 valence electrons. The van der Waals surface area contributed by atoms with Crippen LogP contribution < -0.4 is 21.1 Å². The van der Waals surface area contributed by atoms with Crippen molar-refractivity contribution in [2.45, 2.75) is 25.3 Å². The number of urea groups is 1. The number of anilines is 1. The smallest absolute Gasteiger partial charge is 0.319 e. The SMILES string of the molecule is NC(=O)COc1ccc(NC(=O)NCc2ccc(C3CC3)cc2)cc1. The first-order valence-electron chi connectivity index (χ1n) is 8.25. The molecule has 1 saturated carbocycles. The summed E-state index contributed by atoms with van der Waals surface area (Å²) in [7, 11) is 0. The highest BCUT2D eigenvalue weighted by Crippen LogP contribution is 2.39. The molecule has 0 atom stereocenters. The van der Waals surface area contributed by atoms with Gasteiger partial charge in [0, 0.05) is 12.2 Å². The van der Waals surface area contributed by atoms with Gasteiger partial charge in [-0.05, 0) is 54.2 Å². The fraction of sp³-hybridized carbons (Fsp3) is 0.263. The fourth-order valence-corrected chi connectivity index (χ4v) is 2.47. The van der Waals surface area contributed by atoms with Gasteiger partial charge in [0.25, 0.3) is 5.91 Å². The van der Waals surface area contributed by atoms with Crippen molar-refractivity contribution in [2.75, 3.05) is 11.9 Å². The molecule has 0 unspecified atom stereocenters. The Morgan fingerprint density at radius 1 is 1.04 bits per heavy atom. The number of benzene rings is 2. The Balaban J connectivity index is 1.44. The molecule has 25 heavy (non-hydrogen) atoms. The molecule has 2 aromatic rings. The third kappa shape index (κ3) is 5.24. The molecular formula is C19H21N3O3. The van der Waals surface area contributed by atoms with Crippen LogP contribution in [0, 0.1) is 0 Å². The van der Waals surface area contributed by atoms with E-state index in [1.54, 1.807) is 24.3 Å². The van der Waals surface area contributed by atoms with Crippen LogP contribution in [0.4, 0.5) is 10.5 Å². The maximum absolute atomic E-state index is 12.0. The standard InChI is InChI=1S/C19H21N3O3/c20-18(23)12-25-17-9-7-16(8-10-17)22-19(24)21-11-13-1-3-14(4-2-13)15-5-6-15/h1-4,7-10,15H,5-6,11-12H2,(H2,20,23)(H2,21,22,24). The van der Waals surface area contributed by atoms with E-state index in [2.05, 4.69) is 34.9 Å². The van der Waals surface area contributed by atoms with E-state index in [0.29, 0.717) is 18.0 Å². The number of hydrogen-bond donors (Lipinski definition) is 3. The van der Waals surface area contributed by atoms with E-state index in [4.69, 9.17) is 10.5 Å². The summed E-state index contributed by atoms with van der Waals surface area (Å²) in [4.78, 5) is 22.6.